The van der Waals surface area contributed by atoms with E-state index >= 15 is 0 Å². The maximum absolute atomic E-state index is 14.6. The number of benzene rings is 2. The molecule has 4 aromatic rings. The van der Waals surface area contributed by atoms with Gasteiger partial charge < -0.3 is 10.1 Å². The molecule has 2 aromatic heterocycles. The van der Waals surface area contributed by atoms with E-state index in [9.17, 15) is 18.4 Å². The molecule has 0 radical (unpaired) electrons. The van der Waals surface area contributed by atoms with Crippen LogP contribution in [0.5, 0.6) is 0 Å². The summed E-state index contributed by atoms with van der Waals surface area (Å²) in [4.78, 5) is 29.8. The molecule has 2 heterocycles. The third-order valence-corrected chi connectivity index (χ3v) is 4.68. The highest BCUT2D eigenvalue weighted by Crippen LogP contribution is 2.24. The first-order valence-electron chi connectivity index (χ1n) is 8.70. The van der Waals surface area contributed by atoms with E-state index in [1.165, 1.54) is 18.3 Å². The van der Waals surface area contributed by atoms with Crippen LogP contribution < -0.4 is 5.43 Å². The lowest BCUT2D eigenvalue weighted by molar-refractivity contribution is 0.0695. The molecule has 0 bridgehead atoms. The monoisotopic (exact) mass is 392 g/mol. The van der Waals surface area contributed by atoms with Crippen molar-refractivity contribution < 1.29 is 18.7 Å². The summed E-state index contributed by atoms with van der Waals surface area (Å²) < 4.78 is 27.9. The number of nitrogens with zero attached hydrogens (tertiary/aromatic N) is 1. The molecule has 144 valence electrons. The minimum Gasteiger partial charge on any atom is -0.477 e. The number of carboxylic acid groups (broad SMARTS) is 1. The molecular formula is C22H14F2N2O3. The summed E-state index contributed by atoms with van der Waals surface area (Å²) in [6, 6.07) is 12.4. The number of aromatic carboxylic acids is 1. The van der Waals surface area contributed by atoms with Crippen molar-refractivity contribution in [1.29, 1.82) is 0 Å². The van der Waals surface area contributed by atoms with Crippen LogP contribution in [0.15, 0.2) is 65.7 Å². The summed E-state index contributed by atoms with van der Waals surface area (Å²) in [6.45, 7) is 0. The largest absolute Gasteiger partial charge is 0.477 e. The Morgan fingerprint density at radius 3 is 2.55 bits per heavy atom. The molecule has 7 heteroatoms. The van der Waals surface area contributed by atoms with E-state index < -0.39 is 23.2 Å². The Morgan fingerprint density at radius 1 is 1.03 bits per heavy atom. The number of halogens is 2. The number of pyridine rings is 2. The van der Waals surface area contributed by atoms with Gasteiger partial charge in [0.25, 0.3) is 0 Å². The summed E-state index contributed by atoms with van der Waals surface area (Å²) in [7, 11) is 0. The fraction of sp³-hybridized carbons (Fsp3) is 0.0455. The average molecular weight is 392 g/mol. The van der Waals surface area contributed by atoms with Crippen LogP contribution in [-0.2, 0) is 6.42 Å². The van der Waals surface area contributed by atoms with Crippen LogP contribution in [0, 0.1) is 11.8 Å². The molecule has 0 unspecified atom stereocenters. The van der Waals surface area contributed by atoms with Crippen molar-refractivity contribution in [3.8, 4) is 11.1 Å². The van der Waals surface area contributed by atoms with Gasteiger partial charge in [-0.1, -0.05) is 18.2 Å². The summed E-state index contributed by atoms with van der Waals surface area (Å²) in [5, 5.41) is 9.33. The van der Waals surface area contributed by atoms with Gasteiger partial charge in [-0.2, -0.15) is 4.39 Å². The number of aromatic amines is 1. The van der Waals surface area contributed by atoms with E-state index in [2.05, 4.69) is 9.97 Å². The molecule has 0 aliphatic carbocycles. The molecule has 0 fully saturated rings. The van der Waals surface area contributed by atoms with E-state index in [1.807, 2.05) is 0 Å². The maximum atomic E-state index is 14.6. The Balaban J connectivity index is 1.68. The molecule has 0 amide bonds. The van der Waals surface area contributed by atoms with Gasteiger partial charge in [0.2, 0.25) is 11.4 Å². The van der Waals surface area contributed by atoms with Gasteiger partial charge in [-0.3, -0.25) is 4.79 Å². The highest BCUT2D eigenvalue weighted by molar-refractivity contribution is 5.92. The van der Waals surface area contributed by atoms with Crippen molar-refractivity contribution in [2.75, 3.05) is 0 Å². The number of fused-ring (bicyclic) bond motifs is 1. The third kappa shape index (κ3) is 3.62. The zero-order valence-corrected chi connectivity index (χ0v) is 14.9. The predicted molar refractivity (Wildman–Crippen MR) is 104 cm³/mol. The molecule has 0 saturated heterocycles. The number of carboxylic acids is 1. The number of H-pyrrole nitrogens is 1. The molecule has 29 heavy (non-hydrogen) atoms. The van der Waals surface area contributed by atoms with Crippen LogP contribution in [0.1, 0.15) is 21.5 Å². The highest BCUT2D eigenvalue weighted by atomic mass is 19.1. The van der Waals surface area contributed by atoms with Gasteiger partial charge in [-0.15, -0.1) is 0 Å². The van der Waals surface area contributed by atoms with Crippen LogP contribution in [0.25, 0.3) is 22.0 Å². The highest BCUT2D eigenvalue weighted by Gasteiger charge is 2.13. The van der Waals surface area contributed by atoms with Gasteiger partial charge in [0, 0.05) is 35.8 Å². The minimum absolute atomic E-state index is 0.212. The summed E-state index contributed by atoms with van der Waals surface area (Å²) in [5.74, 6) is -2.42. The van der Waals surface area contributed by atoms with Crippen LogP contribution >= 0.6 is 0 Å². The van der Waals surface area contributed by atoms with Crippen molar-refractivity contribution in [2.24, 2.45) is 0 Å². The van der Waals surface area contributed by atoms with Crippen LogP contribution in [-0.4, -0.2) is 21.0 Å². The van der Waals surface area contributed by atoms with E-state index in [-0.39, 0.29) is 17.4 Å². The molecule has 0 aliphatic rings. The quantitative estimate of drug-likeness (QED) is 0.511. The van der Waals surface area contributed by atoms with Gasteiger partial charge in [0.1, 0.15) is 11.4 Å². The van der Waals surface area contributed by atoms with E-state index in [1.54, 1.807) is 36.4 Å². The van der Waals surface area contributed by atoms with Crippen molar-refractivity contribution in [3.05, 3.63) is 99.6 Å². The normalized spacial score (nSPS) is 11.0. The van der Waals surface area contributed by atoms with Crippen molar-refractivity contribution in [3.63, 3.8) is 0 Å². The Bertz CT molecular complexity index is 1320. The molecule has 2 aromatic carbocycles. The first-order chi connectivity index (χ1) is 13.9. The van der Waals surface area contributed by atoms with E-state index in [0.717, 1.165) is 6.20 Å². The number of hydrogen-bond acceptors (Lipinski definition) is 3. The second-order valence-electron chi connectivity index (χ2n) is 6.57. The molecule has 5 nitrogen and oxygen atoms in total. The van der Waals surface area contributed by atoms with Crippen molar-refractivity contribution >= 4 is 16.9 Å². The van der Waals surface area contributed by atoms with Crippen LogP contribution in [0.4, 0.5) is 8.78 Å². The number of carbonyl (C=O) groups is 1. The average Bonchev–Trinajstić information content (AvgIpc) is 2.70. The fourth-order valence-electron chi connectivity index (χ4n) is 3.21. The van der Waals surface area contributed by atoms with Gasteiger partial charge >= 0.3 is 5.97 Å². The zero-order chi connectivity index (χ0) is 20.5. The Hall–Kier alpha value is -3.87. The molecule has 2 N–H and O–H groups in total. The first kappa shape index (κ1) is 18.5. The Labute approximate surface area is 163 Å². The number of aromatic nitrogens is 2. The van der Waals surface area contributed by atoms with E-state index in [4.69, 9.17) is 5.11 Å². The fourth-order valence-corrected chi connectivity index (χ4v) is 3.21. The number of rotatable bonds is 4. The molecule has 4 rings (SSSR count). The minimum atomic E-state index is -1.31. The van der Waals surface area contributed by atoms with Crippen molar-refractivity contribution in [1.82, 2.24) is 9.97 Å². The zero-order valence-electron chi connectivity index (χ0n) is 14.9. The maximum Gasteiger partial charge on any atom is 0.341 e. The lowest BCUT2D eigenvalue weighted by Crippen LogP contribution is -2.15. The summed E-state index contributed by atoms with van der Waals surface area (Å²) in [6.07, 6.45) is 2.69. The molecule has 0 spiro atoms. The number of hydrogen-bond donors (Lipinski definition) is 2. The van der Waals surface area contributed by atoms with Crippen molar-refractivity contribution in [2.45, 2.75) is 6.42 Å². The first-order valence-corrected chi connectivity index (χ1v) is 8.70. The van der Waals surface area contributed by atoms with Gasteiger partial charge in [0.15, 0.2) is 0 Å². The molecule has 0 atom stereocenters. The smallest absolute Gasteiger partial charge is 0.341 e. The predicted octanol–water partition coefficient (Wildman–Crippen LogP) is 4.16. The second kappa shape index (κ2) is 7.27. The molecule has 0 aliphatic heterocycles. The topological polar surface area (TPSA) is 83.0 Å². The van der Waals surface area contributed by atoms with Crippen LogP contribution in [0.3, 0.4) is 0 Å². The third-order valence-electron chi connectivity index (χ3n) is 4.68. The molecular weight excluding hydrogens is 378 g/mol. The lowest BCUT2D eigenvalue weighted by atomic mass is 9.99. The Morgan fingerprint density at radius 2 is 1.83 bits per heavy atom. The standard InChI is InChI=1S/C22H14F2N2O3/c23-18-9-13(14-5-6-25-20(24)10-14)2-3-15(18)7-12-1-4-19-16(8-12)21(27)17(11-26-19)22(28)29/h1-6,8-11H,7H2,(H,26,27)(H,28,29). The summed E-state index contributed by atoms with van der Waals surface area (Å²) in [5.41, 5.74) is 1.65. The Kier molecular flexibility index (Phi) is 4.64. The SMILES string of the molecule is O=C(O)c1c[nH]c2ccc(Cc3ccc(-c4ccnc(F)c4)cc3F)cc2c1=O. The molecule has 0 saturated carbocycles. The van der Waals surface area contributed by atoms with Crippen LogP contribution in [0.2, 0.25) is 0 Å². The van der Waals surface area contributed by atoms with Gasteiger partial charge in [-0.05, 0) is 46.5 Å². The van der Waals surface area contributed by atoms with Gasteiger partial charge in [-0.25, -0.2) is 14.2 Å². The van der Waals surface area contributed by atoms with E-state index in [0.29, 0.717) is 27.8 Å². The second-order valence-corrected chi connectivity index (χ2v) is 6.57. The summed E-state index contributed by atoms with van der Waals surface area (Å²) >= 11 is 0. The van der Waals surface area contributed by atoms with Gasteiger partial charge in [0.05, 0.1) is 0 Å². The lowest BCUT2D eigenvalue weighted by Gasteiger charge is -2.08. The number of nitrogens with one attached hydrogen (secondary N) is 1.